The minimum Gasteiger partial charge on any atom is -0.393 e. The van der Waals surface area contributed by atoms with Crippen LogP contribution in [-0.4, -0.2) is 11.5 Å². The summed E-state index contributed by atoms with van der Waals surface area (Å²) in [5, 5.41) is 3.45. The van der Waals surface area contributed by atoms with Crippen molar-refractivity contribution in [3.8, 4) is 0 Å². The highest BCUT2D eigenvalue weighted by Gasteiger charge is 2.05. The Morgan fingerprint density at radius 1 is 1.25 bits per heavy atom. The summed E-state index contributed by atoms with van der Waals surface area (Å²) < 4.78 is 0. The number of hydrogen-bond acceptors (Lipinski definition) is 2. The molecule has 0 radical (unpaired) electrons. The third-order valence-electron chi connectivity index (χ3n) is 2.67. The Kier molecular flexibility index (Phi) is 5.26. The molecule has 0 amide bonds. The van der Waals surface area contributed by atoms with Crippen LogP contribution in [0.5, 0.6) is 0 Å². The molecule has 0 bridgehead atoms. The van der Waals surface area contributed by atoms with E-state index in [0.717, 1.165) is 25.8 Å². The largest absolute Gasteiger partial charge is 0.393 e. The maximum Gasteiger partial charge on any atom is 0.0745 e. The molecule has 0 atom stereocenters. The SMILES string of the molecule is CCc1cccc(CC)c1NCCC(N)=S. The quantitative estimate of drug-likeness (QED) is 0.746. The van der Waals surface area contributed by atoms with E-state index in [4.69, 9.17) is 18.0 Å². The number of benzene rings is 1. The van der Waals surface area contributed by atoms with E-state index < -0.39 is 0 Å². The van der Waals surface area contributed by atoms with Gasteiger partial charge in [-0.25, -0.2) is 0 Å². The normalized spacial score (nSPS) is 10.1. The lowest BCUT2D eigenvalue weighted by Crippen LogP contribution is -2.15. The second-order valence-corrected chi connectivity index (χ2v) is 4.33. The minimum absolute atomic E-state index is 0.569. The van der Waals surface area contributed by atoms with Gasteiger partial charge < -0.3 is 11.1 Å². The summed E-state index contributed by atoms with van der Waals surface area (Å²) in [4.78, 5) is 0.569. The van der Waals surface area contributed by atoms with Crippen LogP contribution in [0, 0.1) is 0 Å². The molecule has 3 N–H and O–H groups in total. The molecule has 0 fully saturated rings. The second-order valence-electron chi connectivity index (χ2n) is 3.80. The molecule has 1 rings (SSSR count). The van der Waals surface area contributed by atoms with Gasteiger partial charge in [0.2, 0.25) is 0 Å². The molecule has 1 aromatic rings. The Hall–Kier alpha value is -1.09. The third-order valence-corrected chi connectivity index (χ3v) is 2.88. The zero-order valence-corrected chi connectivity index (χ0v) is 10.9. The summed E-state index contributed by atoms with van der Waals surface area (Å²) >= 11 is 4.87. The van der Waals surface area contributed by atoms with Crippen molar-refractivity contribution in [1.82, 2.24) is 0 Å². The van der Waals surface area contributed by atoms with E-state index in [1.165, 1.54) is 16.8 Å². The molecule has 0 aliphatic heterocycles. The van der Waals surface area contributed by atoms with Gasteiger partial charge in [0, 0.05) is 18.7 Å². The molecule has 0 heterocycles. The molecule has 2 nitrogen and oxygen atoms in total. The van der Waals surface area contributed by atoms with Crippen molar-refractivity contribution < 1.29 is 0 Å². The number of anilines is 1. The Morgan fingerprint density at radius 2 is 1.81 bits per heavy atom. The van der Waals surface area contributed by atoms with Gasteiger partial charge in [0.15, 0.2) is 0 Å². The lowest BCUT2D eigenvalue weighted by Gasteiger charge is -2.15. The van der Waals surface area contributed by atoms with Crippen LogP contribution >= 0.6 is 12.2 Å². The van der Waals surface area contributed by atoms with Crippen LogP contribution in [0.1, 0.15) is 31.4 Å². The first-order chi connectivity index (χ1) is 7.69. The molecule has 0 aliphatic carbocycles. The van der Waals surface area contributed by atoms with Crippen molar-refractivity contribution in [2.75, 3.05) is 11.9 Å². The number of rotatable bonds is 6. The zero-order chi connectivity index (χ0) is 12.0. The first-order valence-electron chi connectivity index (χ1n) is 5.82. The van der Waals surface area contributed by atoms with Crippen LogP contribution in [-0.2, 0) is 12.8 Å². The monoisotopic (exact) mass is 236 g/mol. The van der Waals surface area contributed by atoms with Gasteiger partial charge in [0.25, 0.3) is 0 Å². The fourth-order valence-corrected chi connectivity index (χ4v) is 1.88. The van der Waals surface area contributed by atoms with Gasteiger partial charge >= 0.3 is 0 Å². The molecule has 3 heteroatoms. The van der Waals surface area contributed by atoms with Crippen molar-refractivity contribution in [1.29, 1.82) is 0 Å². The van der Waals surface area contributed by atoms with Crippen LogP contribution < -0.4 is 11.1 Å². The lowest BCUT2D eigenvalue weighted by molar-refractivity contribution is 1.04. The van der Waals surface area contributed by atoms with Gasteiger partial charge in [-0.15, -0.1) is 0 Å². The summed E-state index contributed by atoms with van der Waals surface area (Å²) in [5.41, 5.74) is 9.48. The van der Waals surface area contributed by atoms with Gasteiger partial charge in [-0.1, -0.05) is 44.3 Å². The molecule has 0 saturated carbocycles. The molecule has 88 valence electrons. The highest BCUT2D eigenvalue weighted by molar-refractivity contribution is 7.80. The molecule has 0 aliphatic rings. The number of aryl methyl sites for hydroxylation is 2. The van der Waals surface area contributed by atoms with Gasteiger partial charge in [0.05, 0.1) is 4.99 Å². The summed E-state index contributed by atoms with van der Waals surface area (Å²) in [5.74, 6) is 0. The van der Waals surface area contributed by atoms with E-state index in [9.17, 15) is 0 Å². The van der Waals surface area contributed by atoms with Crippen molar-refractivity contribution in [3.05, 3.63) is 29.3 Å². The van der Waals surface area contributed by atoms with Gasteiger partial charge in [-0.3, -0.25) is 0 Å². The van der Waals surface area contributed by atoms with Gasteiger partial charge in [-0.05, 0) is 24.0 Å². The average molecular weight is 236 g/mol. The van der Waals surface area contributed by atoms with E-state index in [-0.39, 0.29) is 0 Å². The van der Waals surface area contributed by atoms with E-state index >= 15 is 0 Å². The summed E-state index contributed by atoms with van der Waals surface area (Å²) in [6.07, 6.45) is 2.84. The number of para-hydroxylation sites is 1. The average Bonchev–Trinajstić information content (AvgIpc) is 2.28. The molecular formula is C13H20N2S. The van der Waals surface area contributed by atoms with Crippen molar-refractivity contribution in [2.24, 2.45) is 5.73 Å². The topological polar surface area (TPSA) is 38.0 Å². The van der Waals surface area contributed by atoms with E-state index in [1.54, 1.807) is 0 Å². The predicted molar refractivity (Wildman–Crippen MR) is 75.1 cm³/mol. The number of nitrogens with one attached hydrogen (secondary N) is 1. The molecule has 0 aromatic heterocycles. The molecule has 0 saturated heterocycles. The Morgan fingerprint density at radius 3 is 2.25 bits per heavy atom. The summed E-state index contributed by atoms with van der Waals surface area (Å²) in [7, 11) is 0. The van der Waals surface area contributed by atoms with E-state index in [2.05, 4.69) is 37.4 Å². The molecular weight excluding hydrogens is 216 g/mol. The molecule has 0 spiro atoms. The maximum absolute atomic E-state index is 5.49. The fraction of sp³-hybridized carbons (Fsp3) is 0.462. The molecule has 1 aromatic carbocycles. The molecule has 0 unspecified atom stereocenters. The van der Waals surface area contributed by atoms with Crippen LogP contribution in [0.4, 0.5) is 5.69 Å². The summed E-state index contributed by atoms with van der Waals surface area (Å²) in [6.45, 7) is 5.17. The number of thiocarbonyl (C=S) groups is 1. The Balaban J connectivity index is 2.78. The van der Waals surface area contributed by atoms with E-state index in [1.807, 2.05) is 0 Å². The van der Waals surface area contributed by atoms with Crippen molar-refractivity contribution >= 4 is 22.9 Å². The van der Waals surface area contributed by atoms with Crippen LogP contribution in [0.15, 0.2) is 18.2 Å². The number of hydrogen-bond donors (Lipinski definition) is 2. The van der Waals surface area contributed by atoms with Crippen LogP contribution in [0.2, 0.25) is 0 Å². The maximum atomic E-state index is 5.49. The number of nitrogens with two attached hydrogens (primary N) is 1. The van der Waals surface area contributed by atoms with Crippen LogP contribution in [0.3, 0.4) is 0 Å². The zero-order valence-electron chi connectivity index (χ0n) is 10.0. The first kappa shape index (κ1) is 13.0. The van der Waals surface area contributed by atoms with E-state index in [0.29, 0.717) is 4.99 Å². The standard InChI is InChI=1S/C13H20N2S/c1-3-10-6-5-7-11(4-2)13(10)15-9-8-12(14)16/h5-7,15H,3-4,8-9H2,1-2H3,(H2,14,16). The highest BCUT2D eigenvalue weighted by atomic mass is 32.1. The predicted octanol–water partition coefficient (Wildman–Crippen LogP) is 2.90. The Labute approximate surface area is 103 Å². The fourth-order valence-electron chi connectivity index (χ4n) is 1.78. The second kappa shape index (κ2) is 6.48. The van der Waals surface area contributed by atoms with Crippen molar-refractivity contribution in [2.45, 2.75) is 33.1 Å². The van der Waals surface area contributed by atoms with Crippen molar-refractivity contribution in [3.63, 3.8) is 0 Å². The summed E-state index contributed by atoms with van der Waals surface area (Å²) in [6, 6.07) is 6.46. The van der Waals surface area contributed by atoms with Gasteiger partial charge in [-0.2, -0.15) is 0 Å². The lowest BCUT2D eigenvalue weighted by atomic mass is 10.0. The van der Waals surface area contributed by atoms with Crippen LogP contribution in [0.25, 0.3) is 0 Å². The smallest absolute Gasteiger partial charge is 0.0745 e. The molecule has 16 heavy (non-hydrogen) atoms. The third kappa shape index (κ3) is 3.49. The minimum atomic E-state index is 0.569. The Bertz CT molecular complexity index is 339. The van der Waals surface area contributed by atoms with Gasteiger partial charge in [0.1, 0.15) is 0 Å². The highest BCUT2D eigenvalue weighted by Crippen LogP contribution is 2.22. The first-order valence-corrected chi connectivity index (χ1v) is 6.22.